The number of rotatable bonds is 9. The van der Waals surface area contributed by atoms with Crippen LogP contribution in [-0.4, -0.2) is 71.6 Å². The van der Waals surface area contributed by atoms with E-state index in [0.29, 0.717) is 5.52 Å². The molecule has 1 aliphatic rings. The van der Waals surface area contributed by atoms with Crippen LogP contribution in [0.25, 0.3) is 10.2 Å². The molecule has 206 valence electrons. The number of carbonyl (C=O) groups is 5. The molecule has 1 aromatic heterocycles. The minimum absolute atomic E-state index is 0.0134. The summed E-state index contributed by atoms with van der Waals surface area (Å²) in [5, 5.41) is 2.51. The Kier molecular flexibility index (Phi) is 9.58. The second-order valence-corrected chi connectivity index (χ2v) is 9.44. The van der Waals surface area contributed by atoms with Gasteiger partial charge in [-0.2, -0.15) is 0 Å². The van der Waals surface area contributed by atoms with Crippen molar-refractivity contribution in [3.05, 3.63) is 33.9 Å². The molecule has 1 aromatic carbocycles. The minimum atomic E-state index is -1.51. The summed E-state index contributed by atoms with van der Waals surface area (Å²) in [5.41, 5.74) is 0.668. The van der Waals surface area contributed by atoms with Crippen molar-refractivity contribution in [2.75, 3.05) is 6.61 Å². The number of hydrogen-bond acceptors (Lipinski definition) is 12. The average Bonchev–Trinajstić information content (AvgIpc) is 3.14. The standard InChI is InChI=1S/C24H28N2O11S/c1-12(27)25-20-22(35-15(4)30)21(34-14(3)29)17(11-33-13(2)28)36-23(20)37-19(31)9-10-26-16-7-5-6-8-18(16)38-24(26)32/h5-8,17,20-23H,9-11H2,1-4H3,(H,25,27)/t17-,20+,21+,22+,23+/m1/s1. The highest BCUT2D eigenvalue weighted by molar-refractivity contribution is 7.16. The third-order valence-corrected chi connectivity index (χ3v) is 6.39. The van der Waals surface area contributed by atoms with Gasteiger partial charge in [-0.05, 0) is 12.1 Å². The molecule has 0 aliphatic carbocycles. The van der Waals surface area contributed by atoms with Crippen LogP contribution in [0, 0.1) is 0 Å². The Hall–Kier alpha value is -3.78. The average molecular weight is 553 g/mol. The van der Waals surface area contributed by atoms with Gasteiger partial charge >= 0.3 is 28.8 Å². The molecule has 1 saturated heterocycles. The quantitative estimate of drug-likeness (QED) is 0.343. The fraction of sp³-hybridized carbons (Fsp3) is 0.500. The first-order valence-electron chi connectivity index (χ1n) is 11.6. The summed E-state index contributed by atoms with van der Waals surface area (Å²) in [6.45, 7) is 4.14. The molecule has 2 aromatic rings. The van der Waals surface area contributed by atoms with Gasteiger partial charge < -0.3 is 29.0 Å². The Balaban J connectivity index is 1.85. The molecule has 0 saturated carbocycles. The molecule has 1 fully saturated rings. The fourth-order valence-corrected chi connectivity index (χ4v) is 4.93. The van der Waals surface area contributed by atoms with Gasteiger partial charge in [-0.15, -0.1) is 0 Å². The van der Waals surface area contributed by atoms with Gasteiger partial charge in [0.05, 0.1) is 16.6 Å². The number of fused-ring (bicyclic) bond motifs is 1. The highest BCUT2D eigenvalue weighted by Crippen LogP contribution is 2.28. The van der Waals surface area contributed by atoms with Crippen LogP contribution in [-0.2, 0) is 54.2 Å². The second kappa shape index (κ2) is 12.6. The smallest absolute Gasteiger partial charge is 0.309 e. The summed E-state index contributed by atoms with van der Waals surface area (Å²) in [4.78, 5) is 72.1. The lowest BCUT2D eigenvalue weighted by Crippen LogP contribution is -2.66. The number of nitrogens with one attached hydrogen (secondary N) is 1. The SMILES string of the molecule is CC(=O)N[C@@H]1[C@H](OC(=O)CCn2c(=O)sc3ccccc32)O[C@H](COC(C)=O)[C@H](OC(C)=O)[C@H]1OC(C)=O. The van der Waals surface area contributed by atoms with Crippen molar-refractivity contribution in [1.82, 2.24) is 9.88 Å². The molecule has 5 atom stereocenters. The number of thiazole rings is 1. The number of benzene rings is 1. The molecule has 38 heavy (non-hydrogen) atoms. The van der Waals surface area contributed by atoms with Gasteiger partial charge in [0.15, 0.2) is 12.2 Å². The fourth-order valence-electron chi connectivity index (χ4n) is 4.01. The van der Waals surface area contributed by atoms with E-state index >= 15 is 0 Å². The second-order valence-electron chi connectivity index (χ2n) is 8.45. The molecule has 2 heterocycles. The molecule has 13 nitrogen and oxygen atoms in total. The zero-order chi connectivity index (χ0) is 28.0. The van der Waals surface area contributed by atoms with Crippen LogP contribution in [0.3, 0.4) is 0 Å². The highest BCUT2D eigenvalue weighted by atomic mass is 32.1. The summed E-state index contributed by atoms with van der Waals surface area (Å²) in [6.07, 6.45) is -5.61. The van der Waals surface area contributed by atoms with E-state index in [9.17, 15) is 28.8 Å². The number of ether oxygens (including phenoxy) is 5. The monoisotopic (exact) mass is 552 g/mol. The molecule has 0 spiro atoms. The van der Waals surface area contributed by atoms with Crippen LogP contribution < -0.4 is 10.2 Å². The molecular formula is C24H28N2O11S. The van der Waals surface area contributed by atoms with Crippen LogP contribution in [0.5, 0.6) is 0 Å². The van der Waals surface area contributed by atoms with E-state index in [1.165, 1.54) is 11.5 Å². The van der Waals surface area contributed by atoms with Crippen LogP contribution >= 0.6 is 11.3 Å². The Bertz CT molecular complexity index is 1270. The van der Waals surface area contributed by atoms with Crippen LogP contribution in [0.15, 0.2) is 29.1 Å². The zero-order valence-corrected chi connectivity index (χ0v) is 22.0. The van der Waals surface area contributed by atoms with E-state index in [0.717, 1.165) is 36.8 Å². The maximum atomic E-state index is 12.8. The normalized spacial score (nSPS) is 22.8. The summed E-state index contributed by atoms with van der Waals surface area (Å²) < 4.78 is 29.2. The number of carbonyl (C=O) groups excluding carboxylic acids is 5. The number of nitrogens with zero attached hydrogens (tertiary/aromatic N) is 1. The van der Waals surface area contributed by atoms with E-state index in [1.807, 2.05) is 0 Å². The van der Waals surface area contributed by atoms with E-state index in [2.05, 4.69) is 5.32 Å². The lowest BCUT2D eigenvalue weighted by Gasteiger charge is -2.44. The summed E-state index contributed by atoms with van der Waals surface area (Å²) >= 11 is 1.04. The lowest BCUT2D eigenvalue weighted by molar-refractivity contribution is -0.271. The van der Waals surface area contributed by atoms with Crippen molar-refractivity contribution >= 4 is 51.3 Å². The summed E-state index contributed by atoms with van der Waals surface area (Å²) in [5.74, 6) is -3.55. The highest BCUT2D eigenvalue weighted by Gasteiger charge is 2.52. The molecule has 1 amide bonds. The predicted molar refractivity (Wildman–Crippen MR) is 131 cm³/mol. The van der Waals surface area contributed by atoms with Gasteiger partial charge in [-0.25, -0.2) is 0 Å². The third-order valence-electron chi connectivity index (χ3n) is 5.43. The van der Waals surface area contributed by atoms with Crippen molar-refractivity contribution in [2.45, 2.75) is 71.3 Å². The van der Waals surface area contributed by atoms with Crippen molar-refractivity contribution < 1.29 is 47.7 Å². The molecular weight excluding hydrogens is 524 g/mol. The van der Waals surface area contributed by atoms with Crippen molar-refractivity contribution in [1.29, 1.82) is 0 Å². The Morgan fingerprint density at radius 1 is 0.947 bits per heavy atom. The molecule has 0 bridgehead atoms. The topological polar surface area (TPSA) is 166 Å². The molecule has 3 rings (SSSR count). The van der Waals surface area contributed by atoms with E-state index in [-0.39, 0.29) is 17.8 Å². The number of esters is 4. The van der Waals surface area contributed by atoms with E-state index in [1.54, 1.807) is 24.3 Å². The summed E-state index contributed by atoms with van der Waals surface area (Å²) in [6, 6.07) is 5.85. The van der Waals surface area contributed by atoms with Crippen LogP contribution in [0.2, 0.25) is 0 Å². The number of para-hydroxylation sites is 1. The Morgan fingerprint density at radius 2 is 1.61 bits per heavy atom. The van der Waals surface area contributed by atoms with Crippen LogP contribution in [0.1, 0.15) is 34.1 Å². The van der Waals surface area contributed by atoms with Gasteiger partial charge in [0.1, 0.15) is 18.8 Å². The number of amides is 1. The van der Waals surface area contributed by atoms with E-state index in [4.69, 9.17) is 23.7 Å². The number of aromatic nitrogens is 1. The van der Waals surface area contributed by atoms with Gasteiger partial charge in [0.2, 0.25) is 12.2 Å². The largest absolute Gasteiger partial charge is 0.463 e. The molecule has 14 heteroatoms. The van der Waals surface area contributed by atoms with Gasteiger partial charge in [0.25, 0.3) is 0 Å². The first kappa shape index (κ1) is 28.8. The Morgan fingerprint density at radius 3 is 2.24 bits per heavy atom. The van der Waals surface area contributed by atoms with Crippen molar-refractivity contribution in [2.24, 2.45) is 0 Å². The minimum Gasteiger partial charge on any atom is -0.463 e. The Labute approximate surface area is 220 Å². The zero-order valence-electron chi connectivity index (χ0n) is 21.2. The lowest BCUT2D eigenvalue weighted by atomic mass is 9.96. The van der Waals surface area contributed by atoms with E-state index < -0.39 is 67.0 Å². The number of aryl methyl sites for hydroxylation is 1. The third kappa shape index (κ3) is 7.38. The predicted octanol–water partition coefficient (Wildman–Crippen LogP) is 0.652. The first-order valence-corrected chi connectivity index (χ1v) is 12.5. The maximum absolute atomic E-state index is 12.8. The molecule has 1 N–H and O–H groups in total. The first-order chi connectivity index (χ1) is 18.0. The maximum Gasteiger partial charge on any atom is 0.309 e. The van der Waals surface area contributed by atoms with Gasteiger partial charge in [-0.3, -0.25) is 33.3 Å². The van der Waals surface area contributed by atoms with Crippen LogP contribution in [0.4, 0.5) is 0 Å². The van der Waals surface area contributed by atoms with Crippen molar-refractivity contribution in [3.63, 3.8) is 0 Å². The molecule has 0 unspecified atom stereocenters. The number of hydrogen-bond donors (Lipinski definition) is 1. The van der Waals surface area contributed by atoms with Gasteiger partial charge in [0, 0.05) is 34.2 Å². The van der Waals surface area contributed by atoms with Gasteiger partial charge in [-0.1, -0.05) is 23.5 Å². The van der Waals surface area contributed by atoms with Crippen molar-refractivity contribution in [3.8, 4) is 0 Å². The molecule has 1 aliphatic heterocycles. The molecule has 0 radical (unpaired) electrons. The summed E-state index contributed by atoms with van der Waals surface area (Å²) in [7, 11) is 0.